The molecule has 0 aliphatic heterocycles. The van der Waals surface area contributed by atoms with E-state index in [0.29, 0.717) is 40.0 Å². The Bertz CT molecular complexity index is 1080. The molecule has 0 aliphatic carbocycles. The number of benzene rings is 2. The topological polar surface area (TPSA) is 64.1 Å². The standard InChI is InChI=1S/C24H28N2O3Se/c1-4-21-22(15-19-13-17(2)12-18(3)14-19)26(24(28)25-23(21)27)16-29-10-11-30-20-8-6-5-7-9-20/h5-9,12-14H,4,10-11,15-16H2,1-3H3,(H,25,27,28). The third-order valence-corrected chi connectivity index (χ3v) is 6.93. The normalized spacial score (nSPS) is 11.0. The number of ether oxygens (including phenoxy) is 1. The van der Waals surface area contributed by atoms with Gasteiger partial charge in [0.1, 0.15) is 0 Å². The summed E-state index contributed by atoms with van der Waals surface area (Å²) in [6.07, 6.45) is 1.09. The van der Waals surface area contributed by atoms with Crippen LogP contribution in [0.1, 0.15) is 34.9 Å². The number of rotatable bonds is 9. The molecule has 0 saturated heterocycles. The Morgan fingerprint density at radius 3 is 2.40 bits per heavy atom. The summed E-state index contributed by atoms with van der Waals surface area (Å²) in [7, 11) is 0. The van der Waals surface area contributed by atoms with Crippen molar-refractivity contribution in [2.75, 3.05) is 6.61 Å². The van der Waals surface area contributed by atoms with Crippen molar-refractivity contribution in [1.82, 2.24) is 9.55 Å². The maximum atomic E-state index is 12.6. The van der Waals surface area contributed by atoms with Crippen LogP contribution >= 0.6 is 0 Å². The Morgan fingerprint density at radius 2 is 1.73 bits per heavy atom. The first kappa shape index (κ1) is 22.3. The second kappa shape index (κ2) is 10.6. The summed E-state index contributed by atoms with van der Waals surface area (Å²) >= 11 is 0.341. The number of nitrogens with zero attached hydrogens (tertiary/aromatic N) is 1. The van der Waals surface area contributed by atoms with Crippen LogP contribution in [0.4, 0.5) is 0 Å². The van der Waals surface area contributed by atoms with Crippen molar-refractivity contribution in [3.8, 4) is 0 Å². The number of hydrogen-bond acceptors (Lipinski definition) is 3. The molecule has 5 nitrogen and oxygen atoms in total. The van der Waals surface area contributed by atoms with Crippen LogP contribution in [0.2, 0.25) is 5.32 Å². The number of aromatic amines is 1. The van der Waals surface area contributed by atoms with E-state index in [9.17, 15) is 9.59 Å². The Morgan fingerprint density at radius 1 is 1.03 bits per heavy atom. The molecule has 0 aliphatic rings. The second-order valence-corrected chi connectivity index (χ2v) is 9.79. The van der Waals surface area contributed by atoms with Crippen molar-refractivity contribution >= 4 is 19.4 Å². The van der Waals surface area contributed by atoms with Gasteiger partial charge in [0, 0.05) is 0 Å². The van der Waals surface area contributed by atoms with E-state index in [4.69, 9.17) is 4.74 Å². The average molecular weight is 471 g/mol. The summed E-state index contributed by atoms with van der Waals surface area (Å²) in [4.78, 5) is 27.4. The molecule has 0 saturated carbocycles. The van der Waals surface area contributed by atoms with Crippen molar-refractivity contribution in [2.24, 2.45) is 0 Å². The molecule has 1 aromatic heterocycles. The third kappa shape index (κ3) is 5.82. The first-order valence-corrected chi connectivity index (χ1v) is 12.2. The second-order valence-electron chi connectivity index (χ2n) is 7.34. The van der Waals surface area contributed by atoms with Crippen LogP contribution in [0.3, 0.4) is 0 Å². The van der Waals surface area contributed by atoms with Crippen molar-refractivity contribution in [3.63, 3.8) is 0 Å². The zero-order chi connectivity index (χ0) is 21.5. The van der Waals surface area contributed by atoms with Crippen LogP contribution in [0, 0.1) is 13.8 Å². The molecule has 6 heteroatoms. The molecule has 3 rings (SSSR count). The predicted molar refractivity (Wildman–Crippen MR) is 122 cm³/mol. The zero-order valence-electron chi connectivity index (χ0n) is 17.7. The molecule has 0 unspecified atom stereocenters. The SMILES string of the molecule is CCc1c(Cc2cc(C)cc(C)c2)n(COCC[Se]c2ccccc2)c(=O)[nH]c1=O. The molecule has 0 atom stereocenters. The molecule has 30 heavy (non-hydrogen) atoms. The fraction of sp³-hybridized carbons (Fsp3) is 0.333. The van der Waals surface area contributed by atoms with Gasteiger partial charge in [-0.05, 0) is 0 Å². The maximum absolute atomic E-state index is 12.6. The minimum absolute atomic E-state index is 0.146. The predicted octanol–water partition coefficient (Wildman–Crippen LogP) is 2.73. The summed E-state index contributed by atoms with van der Waals surface area (Å²) in [5.74, 6) is 0. The zero-order valence-corrected chi connectivity index (χ0v) is 19.4. The Hall–Kier alpha value is -2.40. The van der Waals surface area contributed by atoms with Crippen LogP contribution in [-0.2, 0) is 24.3 Å². The molecule has 0 spiro atoms. The number of aromatic nitrogens is 2. The molecular weight excluding hydrogens is 443 g/mol. The van der Waals surface area contributed by atoms with Gasteiger partial charge in [-0.25, -0.2) is 0 Å². The molecule has 0 radical (unpaired) electrons. The number of H-pyrrole nitrogens is 1. The third-order valence-electron chi connectivity index (χ3n) is 4.88. The van der Waals surface area contributed by atoms with Gasteiger partial charge in [-0.15, -0.1) is 0 Å². The van der Waals surface area contributed by atoms with Gasteiger partial charge in [-0.2, -0.15) is 0 Å². The number of hydrogen-bond donors (Lipinski definition) is 1. The molecule has 0 amide bonds. The Balaban J connectivity index is 1.77. The molecule has 158 valence electrons. The van der Waals surface area contributed by atoms with Crippen molar-refractivity contribution in [2.45, 2.75) is 45.7 Å². The van der Waals surface area contributed by atoms with Crippen molar-refractivity contribution < 1.29 is 4.74 Å². The average Bonchev–Trinajstić information content (AvgIpc) is 2.70. The van der Waals surface area contributed by atoms with Gasteiger partial charge < -0.3 is 0 Å². The summed E-state index contributed by atoms with van der Waals surface area (Å²) < 4.78 is 8.75. The Labute approximate surface area is 183 Å². The first-order chi connectivity index (χ1) is 14.5. The number of aryl methyl sites for hydroxylation is 2. The van der Waals surface area contributed by atoms with E-state index < -0.39 is 5.69 Å². The van der Waals surface area contributed by atoms with Gasteiger partial charge in [-0.3, -0.25) is 0 Å². The summed E-state index contributed by atoms with van der Waals surface area (Å²) in [6.45, 7) is 6.77. The van der Waals surface area contributed by atoms with Crippen LogP contribution in [0.15, 0.2) is 58.1 Å². The van der Waals surface area contributed by atoms with Gasteiger partial charge in [-0.1, -0.05) is 0 Å². The summed E-state index contributed by atoms with van der Waals surface area (Å²) in [6, 6.07) is 16.7. The molecule has 2 aromatic carbocycles. The van der Waals surface area contributed by atoms with Crippen LogP contribution in [0.25, 0.3) is 0 Å². The van der Waals surface area contributed by atoms with Crippen molar-refractivity contribution in [3.05, 3.63) is 97.3 Å². The molecule has 1 heterocycles. The molecule has 0 bridgehead atoms. The molecule has 0 fully saturated rings. The van der Waals surface area contributed by atoms with Gasteiger partial charge >= 0.3 is 183 Å². The summed E-state index contributed by atoms with van der Waals surface area (Å²) in [5.41, 5.74) is 4.10. The van der Waals surface area contributed by atoms with E-state index in [-0.39, 0.29) is 12.3 Å². The minimum atomic E-state index is -0.412. The van der Waals surface area contributed by atoms with Gasteiger partial charge in [0.25, 0.3) is 0 Å². The van der Waals surface area contributed by atoms with Gasteiger partial charge in [0.2, 0.25) is 0 Å². The van der Waals surface area contributed by atoms with E-state index >= 15 is 0 Å². The van der Waals surface area contributed by atoms with Crippen LogP contribution in [0.5, 0.6) is 0 Å². The van der Waals surface area contributed by atoms with Gasteiger partial charge in [0.05, 0.1) is 0 Å². The van der Waals surface area contributed by atoms with Crippen molar-refractivity contribution in [1.29, 1.82) is 0 Å². The quantitative estimate of drug-likeness (QED) is 0.386. The molecule has 1 N–H and O–H groups in total. The molecule has 3 aromatic rings. The van der Waals surface area contributed by atoms with Gasteiger partial charge in [0.15, 0.2) is 0 Å². The van der Waals surface area contributed by atoms with E-state index in [1.54, 1.807) is 4.57 Å². The van der Waals surface area contributed by atoms with Crippen LogP contribution in [-0.4, -0.2) is 31.1 Å². The van der Waals surface area contributed by atoms with E-state index in [1.807, 2.05) is 25.1 Å². The first-order valence-electron chi connectivity index (χ1n) is 10.2. The van der Waals surface area contributed by atoms with Crippen LogP contribution < -0.4 is 15.7 Å². The Kier molecular flexibility index (Phi) is 7.86. The van der Waals surface area contributed by atoms with E-state index in [1.165, 1.54) is 15.6 Å². The summed E-state index contributed by atoms with van der Waals surface area (Å²) in [5, 5.41) is 0.933. The monoisotopic (exact) mass is 472 g/mol. The van der Waals surface area contributed by atoms with E-state index in [0.717, 1.165) is 16.6 Å². The van der Waals surface area contributed by atoms with E-state index in [2.05, 4.69) is 49.2 Å². The molecular formula is C24H28N2O3Se. The fourth-order valence-corrected chi connectivity index (χ4v) is 5.27. The fourth-order valence-electron chi connectivity index (χ4n) is 3.62. The number of nitrogens with one attached hydrogen (secondary N) is 1.